The minimum absolute atomic E-state index is 0.0289. The summed E-state index contributed by atoms with van der Waals surface area (Å²) in [7, 11) is 3.22. The van der Waals surface area contributed by atoms with Crippen LogP contribution in [0, 0.1) is 90.0 Å². The lowest BCUT2D eigenvalue weighted by Crippen LogP contribution is -2.29. The molecule has 0 heterocycles. The summed E-state index contributed by atoms with van der Waals surface area (Å²) in [5.74, 6) is 9.09. The van der Waals surface area contributed by atoms with Crippen LogP contribution in [0.4, 0.5) is 0 Å². The van der Waals surface area contributed by atoms with Gasteiger partial charge in [0.1, 0.15) is 11.5 Å². The first kappa shape index (κ1) is 118. The van der Waals surface area contributed by atoms with Gasteiger partial charge in [0, 0.05) is 0 Å². The molecule has 0 unspecified atom stereocenters. The molecule has 10 aromatic rings. The number of hydrogen-bond acceptors (Lipinski definition) is 5. The van der Waals surface area contributed by atoms with E-state index in [1.807, 2.05) is 12.1 Å². The molecule has 2 saturated carbocycles. The van der Waals surface area contributed by atoms with Crippen LogP contribution in [0.25, 0.3) is 55.6 Å². The van der Waals surface area contributed by atoms with Gasteiger partial charge in [-0.05, 0) is 455 Å². The second-order valence-electron chi connectivity index (χ2n) is 47.3. The highest BCUT2D eigenvalue weighted by atomic mass is 31.1. The summed E-state index contributed by atoms with van der Waals surface area (Å²) in [6, 6.07) is 37.1. The molecule has 0 radical (unpaired) electrons. The molecule has 0 amide bonds. The Balaban J connectivity index is 0.000000218. The number of hydrogen-bond donors (Lipinski definition) is 3. The van der Waals surface area contributed by atoms with Crippen molar-refractivity contribution in [3.63, 3.8) is 0 Å². The van der Waals surface area contributed by atoms with E-state index in [4.69, 9.17) is 9.47 Å². The van der Waals surface area contributed by atoms with E-state index in [-0.39, 0.29) is 27.7 Å². The Morgan fingerprint density at radius 1 is 0.227 bits per heavy atom. The molecular weight excluding hydrogens is 1730 g/mol. The summed E-state index contributed by atoms with van der Waals surface area (Å²) in [5.41, 5.74) is 57.8. The van der Waals surface area contributed by atoms with E-state index in [9.17, 15) is 15.3 Å². The Morgan fingerprint density at radius 3 is 0.688 bits per heavy atom. The Morgan fingerprint density at radius 2 is 0.447 bits per heavy atom. The second kappa shape index (κ2) is 51.9. The maximum absolute atomic E-state index is 10.8. The zero-order chi connectivity index (χ0) is 106. The van der Waals surface area contributed by atoms with E-state index >= 15 is 0 Å². The Labute approximate surface area is 864 Å². The van der Waals surface area contributed by atoms with E-state index in [1.165, 1.54) is 264 Å². The molecule has 10 aromatic carbocycles. The summed E-state index contributed by atoms with van der Waals surface area (Å²) >= 11 is 0. The molecular formula is C135H197O5P. The first-order valence-electron chi connectivity index (χ1n) is 55.3. The fraction of sp³-hybridized carbons (Fsp3) is 0.556. The number of rotatable bonds is 28. The van der Waals surface area contributed by atoms with E-state index in [1.54, 1.807) is 19.5 Å². The van der Waals surface area contributed by atoms with E-state index in [0.717, 1.165) is 50.6 Å². The SMILES string of the molecule is COc1c(C)c(C)c(-c2c(C(C)C)cc(C(C)C)cc2C(C)C)c(C)c1C.COc1ccc(CO)c(-c2c(C(C)C)cc(C(C)C)cc2C(C)C)c1C.Cc1c(C)c(C)c(-c2c(C(C)C)cc(C(C)C)cc2C(C)C)c(C)c1C.Cc1ccc(CO)c(-c2c(C(C)C)cc(C(C)C)cc2C(C)C)c1C.Cc1ccc(CO)c(-c2c(C(C)C)cc(C(C)C)cc2C(C)C)c1P(C1CCCCC1)C1CCCCC1. The van der Waals surface area contributed by atoms with Crippen molar-refractivity contribution in [3.8, 4) is 67.1 Å². The molecule has 6 heteroatoms. The van der Waals surface area contributed by atoms with Crippen molar-refractivity contribution >= 4 is 13.2 Å². The lowest BCUT2D eigenvalue weighted by molar-refractivity contribution is 0.282. The third-order valence-corrected chi connectivity index (χ3v) is 36.1. The molecule has 0 aromatic heterocycles. The molecule has 12 rings (SSSR count). The fourth-order valence-electron chi connectivity index (χ4n) is 22.7. The smallest absolute Gasteiger partial charge is 0.125 e. The summed E-state index contributed by atoms with van der Waals surface area (Å²) in [6.45, 7) is 98.5. The van der Waals surface area contributed by atoms with Crippen molar-refractivity contribution in [3.05, 3.63) is 270 Å². The molecule has 2 aliphatic carbocycles. The van der Waals surface area contributed by atoms with Crippen molar-refractivity contribution in [2.75, 3.05) is 14.2 Å². The van der Waals surface area contributed by atoms with Crippen LogP contribution in [0.3, 0.4) is 0 Å². The quantitative estimate of drug-likeness (QED) is 0.0426. The van der Waals surface area contributed by atoms with Crippen LogP contribution in [0.2, 0.25) is 0 Å². The lowest BCUT2D eigenvalue weighted by Gasteiger charge is -2.41. The third kappa shape index (κ3) is 26.8. The van der Waals surface area contributed by atoms with E-state index in [2.05, 4.69) is 383 Å². The highest BCUT2D eigenvalue weighted by Gasteiger charge is 2.38. The molecule has 0 saturated heterocycles. The molecule has 5 nitrogen and oxygen atoms in total. The Kier molecular flexibility index (Phi) is 43.6. The maximum Gasteiger partial charge on any atom is 0.125 e. The van der Waals surface area contributed by atoms with Gasteiger partial charge in [0.05, 0.1) is 34.0 Å². The molecule has 3 N–H and O–H groups in total. The molecule has 2 aliphatic rings. The number of methoxy groups -OCH3 is 2. The van der Waals surface area contributed by atoms with Crippen LogP contribution in [0.1, 0.15) is 533 Å². The van der Waals surface area contributed by atoms with Crippen molar-refractivity contribution in [1.82, 2.24) is 0 Å². The highest BCUT2D eigenvalue weighted by molar-refractivity contribution is 7.67. The van der Waals surface area contributed by atoms with Crippen LogP contribution < -0.4 is 14.8 Å². The van der Waals surface area contributed by atoms with Gasteiger partial charge in [-0.3, -0.25) is 0 Å². The molecule has 0 spiro atoms. The zero-order valence-electron chi connectivity index (χ0n) is 97.9. The van der Waals surface area contributed by atoms with Crippen molar-refractivity contribution in [2.24, 2.45) is 0 Å². The van der Waals surface area contributed by atoms with Crippen LogP contribution in [-0.2, 0) is 19.8 Å². The largest absolute Gasteiger partial charge is 0.496 e. The summed E-state index contributed by atoms with van der Waals surface area (Å²) in [5, 5.41) is 32.5. The van der Waals surface area contributed by atoms with Gasteiger partial charge < -0.3 is 24.8 Å². The van der Waals surface area contributed by atoms with Gasteiger partial charge in [-0.25, -0.2) is 0 Å². The summed E-state index contributed by atoms with van der Waals surface area (Å²) in [4.78, 5) is 0. The van der Waals surface area contributed by atoms with Crippen LogP contribution in [0.5, 0.6) is 11.5 Å². The normalized spacial score (nSPS) is 13.4. The van der Waals surface area contributed by atoms with Gasteiger partial charge in [0.2, 0.25) is 0 Å². The monoisotopic (exact) mass is 1930 g/mol. The van der Waals surface area contributed by atoms with Crippen LogP contribution in [0.15, 0.2) is 97.1 Å². The van der Waals surface area contributed by atoms with Gasteiger partial charge >= 0.3 is 0 Å². The first-order valence-corrected chi connectivity index (χ1v) is 56.7. The van der Waals surface area contributed by atoms with Gasteiger partial charge in [-0.1, -0.05) is 345 Å². The highest BCUT2D eigenvalue weighted by Crippen LogP contribution is 2.59. The Bertz CT molecular complexity index is 5660. The van der Waals surface area contributed by atoms with Crippen LogP contribution >= 0.6 is 7.92 Å². The number of aliphatic hydroxyl groups excluding tert-OH is 3. The molecule has 0 aliphatic heterocycles. The number of benzene rings is 10. The lowest BCUT2D eigenvalue weighted by atomic mass is 9.77. The minimum Gasteiger partial charge on any atom is -0.496 e. The Hall–Kier alpha value is -7.89. The number of ether oxygens (including phenoxy) is 2. The van der Waals surface area contributed by atoms with E-state index < -0.39 is 0 Å². The summed E-state index contributed by atoms with van der Waals surface area (Å²) in [6.07, 6.45) is 14.1. The molecule has 0 atom stereocenters. The predicted octanol–water partition coefficient (Wildman–Crippen LogP) is 39.9. The van der Waals surface area contributed by atoms with E-state index in [0.29, 0.717) is 88.8 Å². The van der Waals surface area contributed by atoms with Gasteiger partial charge in [-0.15, -0.1) is 0 Å². The first-order chi connectivity index (χ1) is 66.2. The van der Waals surface area contributed by atoms with Crippen molar-refractivity contribution < 1.29 is 24.8 Å². The average molecular weight is 1930 g/mol. The van der Waals surface area contributed by atoms with Gasteiger partial charge in [-0.2, -0.15) is 0 Å². The topological polar surface area (TPSA) is 79.2 Å². The standard InChI is InChI=1S/C35H53OP.C26H38O.C26H38.C24H34O2.C24H34O/c1-23(2)28-20-31(24(3)4)34(32(21-28)25(5)6)33-27(22-36)19-18-26(7)35(33)37(29-14-10-8-11-15-29)30-16-12-9-13-17-30;1-14(2)21-12-22(15(3)4)25(23(13-21)16(5)6)24-17(7)19(9)26(27-11)20(10)18(24)8;1-14(2)22-12-23(15(3)4)26(24(13-22)16(5)6)25-20(10)18(8)17(7)19(9)21(25)11;1-14(2)19-11-20(15(3)4)24(21(12-19)16(5)6)23-17(7)22(26-8)10-9-18(23)13-25;1-14(2)20-11-21(15(3)4)24(22(12-20)16(5)6)23-18(8)17(7)9-10-19(23)13-25/h18-21,23-25,29-30,36H,8-17,22H2,1-7H3;12-16H,1-11H3;12-16H,1-11H3;9-12,14-16,25H,13H2,1-8H3;9-12,14-16,25H,13H2,1-8H3. The minimum atomic E-state index is -0.274. The van der Waals surface area contributed by atoms with Gasteiger partial charge in [0.25, 0.3) is 0 Å². The van der Waals surface area contributed by atoms with Crippen LogP contribution in [-0.4, -0.2) is 40.9 Å². The zero-order valence-corrected chi connectivity index (χ0v) is 98.7. The molecule has 2 fully saturated rings. The van der Waals surface area contributed by atoms with Gasteiger partial charge in [0.15, 0.2) is 0 Å². The number of aliphatic hydroxyl groups is 3. The molecule has 0 bridgehead atoms. The molecule has 772 valence electrons. The van der Waals surface area contributed by atoms with Crippen molar-refractivity contribution in [2.45, 2.75) is 482 Å². The van der Waals surface area contributed by atoms with Crippen molar-refractivity contribution in [1.29, 1.82) is 0 Å². The average Bonchev–Trinajstić information content (AvgIpc) is 1.18. The second-order valence-corrected chi connectivity index (χ2v) is 50.0. The maximum atomic E-state index is 10.8. The fourth-order valence-corrected chi connectivity index (χ4v) is 26.9. The summed E-state index contributed by atoms with van der Waals surface area (Å²) < 4.78 is 11.3. The third-order valence-electron chi connectivity index (χ3n) is 32.4. The predicted molar refractivity (Wildman–Crippen MR) is 623 cm³/mol. The molecule has 141 heavy (non-hydrogen) atoms. The number of aryl methyl sites for hydroxylation is 2.